The van der Waals surface area contributed by atoms with Crippen molar-refractivity contribution in [2.24, 2.45) is 0 Å². The van der Waals surface area contributed by atoms with Crippen molar-refractivity contribution in [2.75, 3.05) is 26.6 Å². The molecule has 2 aromatic rings. The number of hydrogen-bond acceptors (Lipinski definition) is 6. The van der Waals surface area contributed by atoms with Gasteiger partial charge in [-0.15, -0.1) is 11.3 Å². The van der Waals surface area contributed by atoms with Crippen LogP contribution in [0.5, 0.6) is 11.5 Å². The van der Waals surface area contributed by atoms with Gasteiger partial charge in [-0.2, -0.15) is 0 Å². The largest absolute Gasteiger partial charge is 0.497 e. The standard InChI is InChI=1S/C15H17NO4S/c1-4-20-15(17)14-11(16)8-13(21-14)10-7-9(18-2)5-6-12(10)19-3/h5-8H,4,16H2,1-3H3. The lowest BCUT2D eigenvalue weighted by Gasteiger charge is -2.08. The molecule has 2 N–H and O–H groups in total. The second-order valence-electron chi connectivity index (χ2n) is 4.18. The fourth-order valence-electron chi connectivity index (χ4n) is 1.90. The van der Waals surface area contributed by atoms with E-state index in [1.54, 1.807) is 27.2 Å². The van der Waals surface area contributed by atoms with Crippen LogP contribution in [0.15, 0.2) is 24.3 Å². The molecule has 0 fully saturated rings. The highest BCUT2D eigenvalue weighted by molar-refractivity contribution is 7.18. The quantitative estimate of drug-likeness (QED) is 0.859. The highest BCUT2D eigenvalue weighted by Gasteiger charge is 2.18. The van der Waals surface area contributed by atoms with Crippen LogP contribution in [0.2, 0.25) is 0 Å². The van der Waals surface area contributed by atoms with E-state index in [0.717, 1.165) is 10.4 Å². The number of benzene rings is 1. The molecule has 0 bridgehead atoms. The van der Waals surface area contributed by atoms with Crippen LogP contribution >= 0.6 is 11.3 Å². The van der Waals surface area contributed by atoms with Crippen LogP contribution in [0, 0.1) is 0 Å². The summed E-state index contributed by atoms with van der Waals surface area (Å²) < 4.78 is 15.6. The molecule has 0 amide bonds. The number of carbonyl (C=O) groups is 1. The molecule has 21 heavy (non-hydrogen) atoms. The van der Waals surface area contributed by atoms with Crippen LogP contribution in [0.4, 0.5) is 5.69 Å². The number of anilines is 1. The first kappa shape index (κ1) is 15.2. The number of carbonyl (C=O) groups excluding carboxylic acids is 1. The molecule has 0 saturated heterocycles. The molecule has 0 atom stereocenters. The fourth-order valence-corrected chi connectivity index (χ4v) is 2.89. The maximum atomic E-state index is 11.8. The normalized spacial score (nSPS) is 10.2. The first-order valence-corrected chi connectivity index (χ1v) is 7.21. The predicted molar refractivity (Wildman–Crippen MR) is 83.2 cm³/mol. The maximum Gasteiger partial charge on any atom is 0.350 e. The summed E-state index contributed by atoms with van der Waals surface area (Å²) in [6.07, 6.45) is 0. The molecule has 0 saturated carbocycles. The van der Waals surface area contributed by atoms with Crippen molar-refractivity contribution in [3.8, 4) is 21.9 Å². The van der Waals surface area contributed by atoms with E-state index in [9.17, 15) is 4.79 Å². The number of esters is 1. The topological polar surface area (TPSA) is 70.8 Å². The summed E-state index contributed by atoms with van der Waals surface area (Å²) in [6.45, 7) is 2.07. The minimum absolute atomic E-state index is 0.313. The Morgan fingerprint density at radius 1 is 1.24 bits per heavy atom. The zero-order valence-electron chi connectivity index (χ0n) is 12.1. The number of thiophene rings is 1. The van der Waals surface area contributed by atoms with Crippen LogP contribution in [0.3, 0.4) is 0 Å². The van der Waals surface area contributed by atoms with Gasteiger partial charge in [-0.05, 0) is 31.2 Å². The Bertz CT molecular complexity index is 651. The summed E-state index contributed by atoms with van der Waals surface area (Å²) in [7, 11) is 3.19. The Labute approximate surface area is 127 Å². The second kappa shape index (κ2) is 6.49. The third kappa shape index (κ3) is 3.11. The van der Waals surface area contributed by atoms with Crippen molar-refractivity contribution in [3.63, 3.8) is 0 Å². The van der Waals surface area contributed by atoms with E-state index in [1.165, 1.54) is 11.3 Å². The molecular formula is C15H17NO4S. The van der Waals surface area contributed by atoms with Crippen molar-refractivity contribution in [1.29, 1.82) is 0 Å². The van der Waals surface area contributed by atoms with Crippen LogP contribution in [-0.2, 0) is 4.74 Å². The van der Waals surface area contributed by atoms with E-state index in [4.69, 9.17) is 19.9 Å². The van der Waals surface area contributed by atoms with Crippen molar-refractivity contribution in [1.82, 2.24) is 0 Å². The van der Waals surface area contributed by atoms with E-state index in [2.05, 4.69) is 0 Å². The molecular weight excluding hydrogens is 290 g/mol. The third-order valence-corrected chi connectivity index (χ3v) is 4.06. The lowest BCUT2D eigenvalue weighted by atomic mass is 10.1. The SMILES string of the molecule is CCOC(=O)c1sc(-c2cc(OC)ccc2OC)cc1N. The first-order valence-electron chi connectivity index (χ1n) is 6.39. The Hall–Kier alpha value is -2.21. The Kier molecular flexibility index (Phi) is 4.70. The van der Waals surface area contributed by atoms with Gasteiger partial charge in [0.15, 0.2) is 0 Å². The molecule has 112 valence electrons. The first-order chi connectivity index (χ1) is 10.1. The molecule has 0 aliphatic carbocycles. The lowest BCUT2D eigenvalue weighted by Crippen LogP contribution is -2.04. The van der Waals surface area contributed by atoms with Crippen LogP contribution < -0.4 is 15.2 Å². The van der Waals surface area contributed by atoms with Crippen molar-refractivity contribution >= 4 is 23.0 Å². The summed E-state index contributed by atoms with van der Waals surface area (Å²) in [5, 5.41) is 0. The van der Waals surface area contributed by atoms with Crippen LogP contribution in [0.25, 0.3) is 10.4 Å². The van der Waals surface area contributed by atoms with Gasteiger partial charge in [0.05, 0.1) is 26.5 Å². The molecule has 0 aliphatic rings. The fraction of sp³-hybridized carbons (Fsp3) is 0.267. The van der Waals surface area contributed by atoms with E-state index in [-0.39, 0.29) is 0 Å². The highest BCUT2D eigenvalue weighted by Crippen LogP contribution is 2.40. The number of nitrogen functional groups attached to an aromatic ring is 1. The van der Waals surface area contributed by atoms with E-state index in [0.29, 0.717) is 28.7 Å². The zero-order valence-corrected chi connectivity index (χ0v) is 13.0. The summed E-state index contributed by atoms with van der Waals surface area (Å²) in [4.78, 5) is 13.1. The van der Waals surface area contributed by atoms with Gasteiger partial charge in [0, 0.05) is 10.4 Å². The molecule has 1 aromatic heterocycles. The average Bonchev–Trinajstić information content (AvgIpc) is 2.88. The third-order valence-electron chi connectivity index (χ3n) is 2.89. The highest BCUT2D eigenvalue weighted by atomic mass is 32.1. The monoisotopic (exact) mass is 307 g/mol. The zero-order chi connectivity index (χ0) is 15.4. The molecule has 0 radical (unpaired) electrons. The van der Waals surface area contributed by atoms with Gasteiger partial charge >= 0.3 is 5.97 Å². The molecule has 0 unspecified atom stereocenters. The number of ether oxygens (including phenoxy) is 3. The summed E-state index contributed by atoms with van der Waals surface area (Å²) in [6, 6.07) is 7.22. The molecule has 6 heteroatoms. The minimum Gasteiger partial charge on any atom is -0.497 e. The molecule has 1 aromatic carbocycles. The van der Waals surface area contributed by atoms with Gasteiger partial charge in [0.2, 0.25) is 0 Å². The number of hydrogen-bond donors (Lipinski definition) is 1. The van der Waals surface area contributed by atoms with Crippen molar-refractivity contribution < 1.29 is 19.0 Å². The van der Waals surface area contributed by atoms with Crippen molar-refractivity contribution in [3.05, 3.63) is 29.1 Å². The Balaban J connectivity index is 2.47. The maximum absolute atomic E-state index is 11.8. The van der Waals surface area contributed by atoms with Gasteiger partial charge in [-0.1, -0.05) is 0 Å². The van der Waals surface area contributed by atoms with E-state index < -0.39 is 5.97 Å². The smallest absolute Gasteiger partial charge is 0.350 e. The van der Waals surface area contributed by atoms with E-state index >= 15 is 0 Å². The minimum atomic E-state index is -0.409. The van der Waals surface area contributed by atoms with Gasteiger partial charge < -0.3 is 19.9 Å². The molecule has 2 rings (SSSR count). The molecule has 0 spiro atoms. The lowest BCUT2D eigenvalue weighted by molar-refractivity contribution is 0.0533. The second-order valence-corrected chi connectivity index (χ2v) is 5.23. The van der Waals surface area contributed by atoms with Gasteiger partial charge in [0.25, 0.3) is 0 Å². The summed E-state index contributed by atoms with van der Waals surface area (Å²) in [5.74, 6) is 0.982. The molecule has 0 aliphatic heterocycles. The summed E-state index contributed by atoms with van der Waals surface area (Å²) >= 11 is 1.27. The van der Waals surface area contributed by atoms with Crippen LogP contribution in [0.1, 0.15) is 16.6 Å². The average molecular weight is 307 g/mol. The summed E-state index contributed by atoms with van der Waals surface area (Å²) in [5.41, 5.74) is 7.13. The number of nitrogens with two attached hydrogens (primary N) is 1. The van der Waals surface area contributed by atoms with Crippen LogP contribution in [-0.4, -0.2) is 26.8 Å². The molecule has 1 heterocycles. The number of rotatable bonds is 5. The van der Waals surface area contributed by atoms with E-state index in [1.807, 2.05) is 18.2 Å². The Morgan fingerprint density at radius 2 is 2.00 bits per heavy atom. The molecule has 5 nitrogen and oxygen atoms in total. The predicted octanol–water partition coefficient (Wildman–Crippen LogP) is 3.19. The Morgan fingerprint density at radius 3 is 2.62 bits per heavy atom. The van der Waals surface area contributed by atoms with Gasteiger partial charge in [-0.3, -0.25) is 0 Å². The van der Waals surface area contributed by atoms with Gasteiger partial charge in [0.1, 0.15) is 16.4 Å². The van der Waals surface area contributed by atoms with Crippen molar-refractivity contribution in [2.45, 2.75) is 6.92 Å². The van der Waals surface area contributed by atoms with Gasteiger partial charge in [-0.25, -0.2) is 4.79 Å². The number of methoxy groups -OCH3 is 2.